The van der Waals surface area contributed by atoms with Gasteiger partial charge in [0, 0.05) is 12.5 Å². The molecule has 0 aromatic carbocycles. The van der Waals surface area contributed by atoms with Crippen molar-refractivity contribution in [2.45, 2.75) is 32.7 Å². The summed E-state index contributed by atoms with van der Waals surface area (Å²) >= 11 is 0. The Bertz CT molecular complexity index is 436. The maximum absolute atomic E-state index is 5.20. The highest BCUT2D eigenvalue weighted by molar-refractivity contribution is 5.44. The lowest BCUT2D eigenvalue weighted by molar-refractivity contribution is 0.367. The number of hydrogen-bond donors (Lipinski definition) is 1. The van der Waals surface area contributed by atoms with Gasteiger partial charge in [-0.3, -0.25) is 0 Å². The van der Waals surface area contributed by atoms with Crippen molar-refractivity contribution in [3.05, 3.63) is 24.3 Å². The predicted molar refractivity (Wildman–Crippen MR) is 63.5 cm³/mol. The third-order valence-electron chi connectivity index (χ3n) is 2.55. The molecule has 0 aliphatic carbocycles. The van der Waals surface area contributed by atoms with Crippen LogP contribution < -0.4 is 5.32 Å². The van der Waals surface area contributed by atoms with E-state index in [1.54, 1.807) is 12.3 Å². The van der Waals surface area contributed by atoms with E-state index in [-0.39, 0.29) is 0 Å². The molecule has 0 saturated heterocycles. The number of nitrogens with zero attached hydrogens (tertiary/aromatic N) is 2. The Labute approximate surface area is 100 Å². The fourth-order valence-corrected chi connectivity index (χ4v) is 1.65. The molecule has 0 radical (unpaired) electrons. The first kappa shape index (κ1) is 11.9. The van der Waals surface area contributed by atoms with Crippen molar-refractivity contribution in [1.82, 2.24) is 15.5 Å². The van der Waals surface area contributed by atoms with E-state index in [1.807, 2.05) is 6.07 Å². The third-order valence-corrected chi connectivity index (χ3v) is 2.55. The van der Waals surface area contributed by atoms with Crippen molar-refractivity contribution in [2.24, 2.45) is 0 Å². The van der Waals surface area contributed by atoms with E-state index in [9.17, 15) is 0 Å². The lowest BCUT2D eigenvalue weighted by Crippen LogP contribution is -2.25. The van der Waals surface area contributed by atoms with Crippen molar-refractivity contribution in [2.75, 3.05) is 6.54 Å². The molecule has 2 aromatic heterocycles. The largest absolute Gasteiger partial charge is 0.461 e. The average molecular weight is 235 g/mol. The van der Waals surface area contributed by atoms with Crippen LogP contribution in [0.15, 0.2) is 27.3 Å². The maximum atomic E-state index is 5.20. The molecule has 0 aliphatic heterocycles. The Morgan fingerprint density at radius 2 is 2.35 bits per heavy atom. The summed E-state index contributed by atoms with van der Waals surface area (Å²) in [6, 6.07) is 4.08. The zero-order chi connectivity index (χ0) is 12.1. The Kier molecular flexibility index (Phi) is 3.93. The highest BCUT2D eigenvalue weighted by atomic mass is 16.5. The second-order valence-electron chi connectivity index (χ2n) is 3.99. The maximum Gasteiger partial charge on any atom is 0.238 e. The highest BCUT2D eigenvalue weighted by Gasteiger charge is 2.11. The van der Waals surface area contributed by atoms with E-state index in [4.69, 9.17) is 8.94 Å². The zero-order valence-electron chi connectivity index (χ0n) is 10.1. The highest BCUT2D eigenvalue weighted by Crippen LogP contribution is 2.16. The summed E-state index contributed by atoms with van der Waals surface area (Å²) < 4.78 is 10.4. The molecule has 0 saturated carbocycles. The molecule has 2 heterocycles. The fourth-order valence-electron chi connectivity index (χ4n) is 1.65. The molecule has 2 rings (SSSR count). The second kappa shape index (κ2) is 5.63. The molecule has 92 valence electrons. The van der Waals surface area contributed by atoms with Gasteiger partial charge in [0.2, 0.25) is 11.7 Å². The van der Waals surface area contributed by atoms with Crippen LogP contribution in [-0.2, 0) is 6.42 Å². The third kappa shape index (κ3) is 3.17. The van der Waals surface area contributed by atoms with E-state index >= 15 is 0 Å². The monoisotopic (exact) mass is 235 g/mol. The van der Waals surface area contributed by atoms with Gasteiger partial charge in [0.1, 0.15) is 0 Å². The number of furan rings is 1. The quantitative estimate of drug-likeness (QED) is 0.832. The van der Waals surface area contributed by atoms with Gasteiger partial charge in [-0.1, -0.05) is 12.1 Å². The van der Waals surface area contributed by atoms with Gasteiger partial charge in [-0.2, -0.15) is 4.98 Å². The van der Waals surface area contributed by atoms with E-state index in [1.165, 1.54) is 0 Å². The molecule has 0 fully saturated rings. The van der Waals surface area contributed by atoms with E-state index in [0.717, 1.165) is 19.4 Å². The molecule has 0 bridgehead atoms. The van der Waals surface area contributed by atoms with Gasteiger partial charge < -0.3 is 14.3 Å². The molecule has 0 amide bonds. The van der Waals surface area contributed by atoms with Crippen molar-refractivity contribution >= 4 is 0 Å². The Morgan fingerprint density at radius 3 is 3.06 bits per heavy atom. The topological polar surface area (TPSA) is 64.1 Å². The van der Waals surface area contributed by atoms with Gasteiger partial charge in [0.25, 0.3) is 0 Å². The SMILES string of the molecule is CCNC(C)CCc1nc(-c2ccco2)no1. The number of aromatic nitrogens is 2. The number of aryl methyl sites for hydroxylation is 1. The Balaban J connectivity index is 1.91. The van der Waals surface area contributed by atoms with E-state index in [2.05, 4.69) is 29.3 Å². The normalized spacial score (nSPS) is 12.8. The van der Waals surface area contributed by atoms with Crippen LogP contribution in [0.1, 0.15) is 26.2 Å². The zero-order valence-corrected chi connectivity index (χ0v) is 10.1. The lowest BCUT2D eigenvalue weighted by atomic mass is 10.2. The molecule has 1 atom stereocenters. The van der Waals surface area contributed by atoms with Crippen LogP contribution in [0.4, 0.5) is 0 Å². The smallest absolute Gasteiger partial charge is 0.238 e. The van der Waals surface area contributed by atoms with Crippen molar-refractivity contribution < 1.29 is 8.94 Å². The summed E-state index contributed by atoms with van der Waals surface area (Å²) in [6.45, 7) is 5.22. The van der Waals surface area contributed by atoms with Crippen molar-refractivity contribution in [3.8, 4) is 11.6 Å². The standard InChI is InChI=1S/C12H17N3O2/c1-3-13-9(2)6-7-11-14-12(15-17-11)10-5-4-8-16-10/h4-5,8-9,13H,3,6-7H2,1-2H3. The molecule has 2 aromatic rings. The first-order valence-corrected chi connectivity index (χ1v) is 5.89. The van der Waals surface area contributed by atoms with Crippen molar-refractivity contribution in [1.29, 1.82) is 0 Å². The van der Waals surface area contributed by atoms with Gasteiger partial charge in [-0.15, -0.1) is 0 Å². The van der Waals surface area contributed by atoms with Gasteiger partial charge in [-0.25, -0.2) is 0 Å². The summed E-state index contributed by atoms with van der Waals surface area (Å²) in [7, 11) is 0. The first-order chi connectivity index (χ1) is 8.29. The predicted octanol–water partition coefficient (Wildman–Crippen LogP) is 2.26. The van der Waals surface area contributed by atoms with E-state index < -0.39 is 0 Å². The van der Waals surface area contributed by atoms with Crippen LogP contribution >= 0.6 is 0 Å². The van der Waals surface area contributed by atoms with Crippen LogP contribution in [0, 0.1) is 0 Å². The molecule has 1 N–H and O–H groups in total. The fraction of sp³-hybridized carbons (Fsp3) is 0.500. The summed E-state index contributed by atoms with van der Waals surface area (Å²) in [5.41, 5.74) is 0. The Morgan fingerprint density at radius 1 is 1.47 bits per heavy atom. The van der Waals surface area contributed by atoms with Gasteiger partial charge in [0.15, 0.2) is 5.76 Å². The number of hydrogen-bond acceptors (Lipinski definition) is 5. The molecule has 5 heteroatoms. The minimum absolute atomic E-state index is 0.457. The number of nitrogens with one attached hydrogen (secondary N) is 1. The number of rotatable bonds is 6. The summed E-state index contributed by atoms with van der Waals surface area (Å²) in [5.74, 6) is 1.81. The van der Waals surface area contributed by atoms with E-state index in [0.29, 0.717) is 23.5 Å². The minimum Gasteiger partial charge on any atom is -0.461 e. The van der Waals surface area contributed by atoms with Crippen LogP contribution in [0.25, 0.3) is 11.6 Å². The lowest BCUT2D eigenvalue weighted by Gasteiger charge is -2.09. The van der Waals surface area contributed by atoms with Crippen molar-refractivity contribution in [3.63, 3.8) is 0 Å². The van der Waals surface area contributed by atoms with Crippen LogP contribution in [0.5, 0.6) is 0 Å². The van der Waals surface area contributed by atoms with Gasteiger partial charge in [-0.05, 0) is 32.0 Å². The van der Waals surface area contributed by atoms with Gasteiger partial charge >= 0.3 is 0 Å². The molecule has 5 nitrogen and oxygen atoms in total. The molecule has 17 heavy (non-hydrogen) atoms. The summed E-state index contributed by atoms with van der Waals surface area (Å²) in [5, 5.41) is 7.22. The first-order valence-electron chi connectivity index (χ1n) is 5.89. The second-order valence-corrected chi connectivity index (χ2v) is 3.99. The summed E-state index contributed by atoms with van der Waals surface area (Å²) in [4.78, 5) is 4.29. The molecule has 0 aliphatic rings. The molecular weight excluding hydrogens is 218 g/mol. The van der Waals surface area contributed by atoms with Crippen LogP contribution in [-0.4, -0.2) is 22.7 Å². The van der Waals surface area contributed by atoms with Crippen LogP contribution in [0.2, 0.25) is 0 Å². The van der Waals surface area contributed by atoms with Crippen LogP contribution in [0.3, 0.4) is 0 Å². The van der Waals surface area contributed by atoms with Gasteiger partial charge in [0.05, 0.1) is 6.26 Å². The Hall–Kier alpha value is -1.62. The molecular formula is C12H17N3O2. The molecule has 1 unspecified atom stereocenters. The summed E-state index contributed by atoms with van der Waals surface area (Å²) in [6.07, 6.45) is 3.36. The average Bonchev–Trinajstić information content (AvgIpc) is 2.97. The molecule has 0 spiro atoms. The minimum atomic E-state index is 0.457.